The number of likely N-dealkylation sites (tertiary alicyclic amines) is 1. The normalized spacial score (nSPS) is 22.2. The summed E-state index contributed by atoms with van der Waals surface area (Å²) in [4.78, 5) is 17.6. The molecule has 1 aromatic heterocycles. The van der Waals surface area contributed by atoms with Crippen LogP contribution in [0.5, 0.6) is 0 Å². The smallest absolute Gasteiger partial charge is 0.354 e. The zero-order valence-corrected chi connectivity index (χ0v) is 12.7. The second-order valence-electron chi connectivity index (χ2n) is 5.88. The Morgan fingerprint density at radius 2 is 2.00 bits per heavy atom. The van der Waals surface area contributed by atoms with Crippen molar-refractivity contribution in [3.8, 4) is 5.69 Å². The fraction of sp³-hybridized carbons (Fsp3) is 0.375. The van der Waals surface area contributed by atoms with E-state index in [4.69, 9.17) is 11.5 Å². The van der Waals surface area contributed by atoms with E-state index < -0.39 is 11.9 Å². The molecule has 2 atom stereocenters. The summed E-state index contributed by atoms with van der Waals surface area (Å²) < 4.78 is 15.1. The first-order valence-electron chi connectivity index (χ1n) is 7.59. The van der Waals surface area contributed by atoms with Crippen molar-refractivity contribution in [3.05, 3.63) is 52.6 Å². The largest absolute Gasteiger partial charge is 0.383 e. The van der Waals surface area contributed by atoms with Gasteiger partial charge in [-0.1, -0.05) is 12.1 Å². The number of aromatic nitrogens is 2. The van der Waals surface area contributed by atoms with Gasteiger partial charge < -0.3 is 11.5 Å². The van der Waals surface area contributed by atoms with Crippen LogP contribution in [0.2, 0.25) is 0 Å². The molecule has 3 rings (SSSR count). The van der Waals surface area contributed by atoms with Crippen molar-refractivity contribution in [2.45, 2.75) is 25.2 Å². The number of anilines is 1. The van der Waals surface area contributed by atoms with Gasteiger partial charge in [-0.2, -0.15) is 4.98 Å². The molecule has 0 spiro atoms. The summed E-state index contributed by atoms with van der Waals surface area (Å²) in [6.45, 7) is 1.83. The van der Waals surface area contributed by atoms with E-state index in [-0.39, 0.29) is 11.9 Å². The highest BCUT2D eigenvalue weighted by atomic mass is 19.1. The lowest BCUT2D eigenvalue weighted by atomic mass is 10.0. The number of nitrogen functional groups attached to an aromatic ring is 1. The van der Waals surface area contributed by atoms with Crippen molar-refractivity contribution >= 4 is 5.82 Å². The molecule has 0 unspecified atom stereocenters. The lowest BCUT2D eigenvalue weighted by Crippen LogP contribution is -2.48. The molecule has 0 radical (unpaired) electrons. The average Bonchev–Trinajstić information content (AvgIpc) is 2.52. The third-order valence-corrected chi connectivity index (χ3v) is 4.12. The van der Waals surface area contributed by atoms with Gasteiger partial charge in [0.1, 0.15) is 12.0 Å². The van der Waals surface area contributed by atoms with Crippen LogP contribution >= 0.6 is 0 Å². The van der Waals surface area contributed by atoms with Crippen LogP contribution < -0.4 is 17.2 Å². The predicted molar refractivity (Wildman–Crippen MR) is 87.0 cm³/mol. The van der Waals surface area contributed by atoms with Gasteiger partial charge in [-0.15, -0.1) is 0 Å². The number of hydrogen-bond donors (Lipinski definition) is 2. The number of halogens is 1. The average molecular weight is 317 g/mol. The zero-order valence-electron chi connectivity index (χ0n) is 12.7. The summed E-state index contributed by atoms with van der Waals surface area (Å²) in [7, 11) is 0. The molecule has 7 heteroatoms. The molecule has 2 heterocycles. The third kappa shape index (κ3) is 3.57. The standard InChI is InChI=1S/C16H20FN5O/c17-13-10-21(7-5-14(13)18)9-11-1-3-12(4-2-11)22-8-6-15(19)20-16(22)23/h1-4,6,8,13-14H,5,7,9-10,18H2,(H2,19,20,23)/t13-,14+/m0/s1. The summed E-state index contributed by atoms with van der Waals surface area (Å²) >= 11 is 0. The first-order valence-corrected chi connectivity index (χ1v) is 7.59. The van der Waals surface area contributed by atoms with Crippen molar-refractivity contribution in [3.63, 3.8) is 0 Å². The van der Waals surface area contributed by atoms with E-state index in [0.29, 0.717) is 19.5 Å². The topological polar surface area (TPSA) is 90.2 Å². The van der Waals surface area contributed by atoms with Gasteiger partial charge in [-0.05, 0) is 30.2 Å². The predicted octanol–water partition coefficient (Wildman–Crippen LogP) is 0.686. The molecule has 6 nitrogen and oxygen atoms in total. The second kappa shape index (κ2) is 6.47. The Morgan fingerprint density at radius 1 is 1.26 bits per heavy atom. The van der Waals surface area contributed by atoms with Gasteiger partial charge in [-0.25, -0.2) is 9.18 Å². The van der Waals surface area contributed by atoms with Gasteiger partial charge in [0.15, 0.2) is 0 Å². The SMILES string of the molecule is Nc1ccn(-c2ccc(CN3CC[C@@H](N)[C@@H](F)C3)cc2)c(=O)n1. The molecule has 1 aromatic carbocycles. The van der Waals surface area contributed by atoms with Gasteiger partial charge in [-0.3, -0.25) is 9.47 Å². The number of nitrogens with two attached hydrogens (primary N) is 2. The fourth-order valence-electron chi connectivity index (χ4n) is 2.76. The number of nitrogens with zero attached hydrogens (tertiary/aromatic N) is 3. The van der Waals surface area contributed by atoms with Crippen LogP contribution in [0.15, 0.2) is 41.3 Å². The highest BCUT2D eigenvalue weighted by Crippen LogP contribution is 2.16. The number of rotatable bonds is 3. The van der Waals surface area contributed by atoms with Crippen LogP contribution in [0.3, 0.4) is 0 Å². The Balaban J connectivity index is 1.71. The fourth-order valence-corrected chi connectivity index (χ4v) is 2.76. The number of benzene rings is 1. The molecule has 1 fully saturated rings. The van der Waals surface area contributed by atoms with Crippen molar-refractivity contribution in [1.29, 1.82) is 0 Å². The van der Waals surface area contributed by atoms with Gasteiger partial charge in [0, 0.05) is 31.9 Å². The highest BCUT2D eigenvalue weighted by molar-refractivity contribution is 5.36. The van der Waals surface area contributed by atoms with E-state index in [1.165, 1.54) is 4.57 Å². The molecule has 4 N–H and O–H groups in total. The number of alkyl halides is 1. The molecule has 1 aliphatic rings. The van der Waals surface area contributed by atoms with Crippen LogP contribution in [0, 0.1) is 0 Å². The second-order valence-corrected chi connectivity index (χ2v) is 5.88. The van der Waals surface area contributed by atoms with Crippen LogP contribution in [-0.4, -0.2) is 39.8 Å². The van der Waals surface area contributed by atoms with E-state index in [9.17, 15) is 9.18 Å². The molecular formula is C16H20FN5O. The van der Waals surface area contributed by atoms with E-state index in [1.54, 1.807) is 12.3 Å². The number of piperidine rings is 1. The molecule has 0 saturated carbocycles. The molecule has 23 heavy (non-hydrogen) atoms. The quantitative estimate of drug-likeness (QED) is 0.869. The van der Waals surface area contributed by atoms with Gasteiger partial charge in [0.25, 0.3) is 0 Å². The first kappa shape index (κ1) is 15.6. The van der Waals surface area contributed by atoms with E-state index in [2.05, 4.69) is 9.88 Å². The molecule has 1 saturated heterocycles. The lowest BCUT2D eigenvalue weighted by Gasteiger charge is -2.32. The summed E-state index contributed by atoms with van der Waals surface area (Å²) in [6, 6.07) is 8.78. The lowest BCUT2D eigenvalue weighted by molar-refractivity contribution is 0.114. The summed E-state index contributed by atoms with van der Waals surface area (Å²) in [5, 5.41) is 0. The van der Waals surface area contributed by atoms with Crippen LogP contribution in [0.1, 0.15) is 12.0 Å². The Kier molecular flexibility index (Phi) is 4.40. The summed E-state index contributed by atoms with van der Waals surface area (Å²) in [6.07, 6.45) is 1.30. The van der Waals surface area contributed by atoms with Crippen LogP contribution in [0.4, 0.5) is 10.2 Å². The molecule has 2 aromatic rings. The maximum atomic E-state index is 13.7. The maximum absolute atomic E-state index is 13.7. The van der Waals surface area contributed by atoms with Gasteiger partial charge >= 0.3 is 5.69 Å². The van der Waals surface area contributed by atoms with Gasteiger partial charge in [0.05, 0.1) is 5.69 Å². The van der Waals surface area contributed by atoms with Crippen molar-refractivity contribution in [1.82, 2.24) is 14.5 Å². The Bertz CT molecular complexity index is 730. The molecule has 1 aliphatic heterocycles. The molecular weight excluding hydrogens is 297 g/mol. The Hall–Kier alpha value is -2.25. The summed E-state index contributed by atoms with van der Waals surface area (Å²) in [5.74, 6) is 0.201. The van der Waals surface area contributed by atoms with Crippen LogP contribution in [0.25, 0.3) is 5.69 Å². The van der Waals surface area contributed by atoms with Crippen LogP contribution in [-0.2, 0) is 6.54 Å². The Morgan fingerprint density at radius 3 is 2.65 bits per heavy atom. The van der Waals surface area contributed by atoms with E-state index in [1.807, 2.05) is 24.3 Å². The first-order chi connectivity index (χ1) is 11.0. The zero-order chi connectivity index (χ0) is 16.4. The molecule has 0 bridgehead atoms. The molecule has 0 amide bonds. The highest BCUT2D eigenvalue weighted by Gasteiger charge is 2.26. The molecule has 0 aliphatic carbocycles. The van der Waals surface area contributed by atoms with Crippen molar-refractivity contribution in [2.24, 2.45) is 5.73 Å². The Labute approximate surface area is 133 Å². The summed E-state index contributed by atoms with van der Waals surface area (Å²) in [5.41, 5.74) is 12.5. The minimum atomic E-state index is -0.970. The maximum Gasteiger partial charge on any atom is 0.354 e. The number of hydrogen-bond acceptors (Lipinski definition) is 5. The monoisotopic (exact) mass is 317 g/mol. The van der Waals surface area contributed by atoms with Gasteiger partial charge in [0.2, 0.25) is 0 Å². The minimum absolute atomic E-state index is 0.201. The molecule has 122 valence electrons. The van der Waals surface area contributed by atoms with Crippen molar-refractivity contribution < 1.29 is 4.39 Å². The minimum Gasteiger partial charge on any atom is -0.383 e. The van der Waals surface area contributed by atoms with E-state index in [0.717, 1.165) is 17.8 Å². The third-order valence-electron chi connectivity index (χ3n) is 4.12. The van der Waals surface area contributed by atoms with E-state index >= 15 is 0 Å². The van der Waals surface area contributed by atoms with Crippen molar-refractivity contribution in [2.75, 3.05) is 18.8 Å².